The van der Waals surface area contributed by atoms with Gasteiger partial charge in [-0.15, -0.1) is 0 Å². The third-order valence-corrected chi connectivity index (χ3v) is 5.39. The summed E-state index contributed by atoms with van der Waals surface area (Å²) >= 11 is 0. The largest absolute Gasteiger partial charge is 0.454 e. The Morgan fingerprint density at radius 2 is 1.89 bits per heavy atom. The van der Waals surface area contributed by atoms with Crippen LogP contribution in [0.1, 0.15) is 44.4 Å². The van der Waals surface area contributed by atoms with Crippen molar-refractivity contribution in [1.29, 1.82) is 0 Å². The zero-order valence-corrected chi connectivity index (χ0v) is 16.7. The van der Waals surface area contributed by atoms with Crippen molar-refractivity contribution in [2.75, 3.05) is 18.2 Å². The number of hydrogen-bond donors (Lipinski definition) is 0. The van der Waals surface area contributed by atoms with Crippen molar-refractivity contribution in [1.82, 2.24) is 0 Å². The van der Waals surface area contributed by atoms with Gasteiger partial charge in [-0.25, -0.2) is 0 Å². The molecule has 4 nitrogen and oxygen atoms in total. The third kappa shape index (κ3) is 3.09. The van der Waals surface area contributed by atoms with E-state index in [1.54, 1.807) is 0 Å². The number of nitrogens with zero attached hydrogens (tertiary/aromatic N) is 2. The second-order valence-corrected chi connectivity index (χ2v) is 7.75. The number of allylic oxidation sites excluding steroid dienone is 1. The van der Waals surface area contributed by atoms with Crippen LogP contribution in [-0.4, -0.2) is 25.1 Å². The molecule has 27 heavy (non-hydrogen) atoms. The Hall–Kier alpha value is -2.75. The van der Waals surface area contributed by atoms with Crippen molar-refractivity contribution in [2.24, 2.45) is 4.99 Å². The lowest BCUT2D eigenvalue weighted by Gasteiger charge is -2.43. The number of aliphatic imine (C=N–C) groups is 1. The van der Waals surface area contributed by atoms with E-state index in [-0.39, 0.29) is 12.3 Å². The summed E-state index contributed by atoms with van der Waals surface area (Å²) in [5.74, 6) is 1.54. The summed E-state index contributed by atoms with van der Waals surface area (Å²) in [6.45, 7) is 12.4. The standard InChI is InChI=1S/C23H26N2O2/c1-6-25-20-9-15(2)17(10-19(20)16(3)12-23(25,4)5)13-24-18-7-8-21-22(11-18)27-14-26-21/h7-13H,6,14H2,1-5H3. The van der Waals surface area contributed by atoms with E-state index in [9.17, 15) is 0 Å². The highest BCUT2D eigenvalue weighted by molar-refractivity contribution is 5.90. The van der Waals surface area contributed by atoms with E-state index in [0.717, 1.165) is 29.3 Å². The van der Waals surface area contributed by atoms with Crippen LogP contribution in [-0.2, 0) is 0 Å². The number of fused-ring (bicyclic) bond motifs is 2. The van der Waals surface area contributed by atoms with Crippen molar-refractivity contribution in [2.45, 2.75) is 40.2 Å². The SMILES string of the molecule is CCN1c2cc(C)c(C=Nc3ccc4c(c3)OCO4)cc2C(C)=CC1(C)C. The second kappa shape index (κ2) is 6.45. The molecule has 0 saturated carbocycles. The van der Waals surface area contributed by atoms with E-state index in [0.29, 0.717) is 0 Å². The summed E-state index contributed by atoms with van der Waals surface area (Å²) < 4.78 is 10.8. The molecule has 0 aliphatic carbocycles. The molecule has 0 amide bonds. The average Bonchev–Trinajstić information content (AvgIpc) is 3.07. The van der Waals surface area contributed by atoms with Crippen LogP contribution >= 0.6 is 0 Å². The lowest BCUT2D eigenvalue weighted by Crippen LogP contribution is -2.45. The Balaban J connectivity index is 1.70. The van der Waals surface area contributed by atoms with Crippen LogP contribution in [0.3, 0.4) is 0 Å². The second-order valence-electron chi connectivity index (χ2n) is 7.75. The number of likely N-dealkylation sites (N-methyl/N-ethyl adjacent to an activating group) is 1. The molecule has 0 atom stereocenters. The van der Waals surface area contributed by atoms with Crippen LogP contribution in [0.5, 0.6) is 11.5 Å². The van der Waals surface area contributed by atoms with Crippen LogP contribution in [0.4, 0.5) is 11.4 Å². The summed E-state index contributed by atoms with van der Waals surface area (Å²) in [5.41, 5.74) is 7.16. The van der Waals surface area contributed by atoms with Gasteiger partial charge in [0.1, 0.15) is 0 Å². The number of hydrogen-bond acceptors (Lipinski definition) is 4. The first-order valence-electron chi connectivity index (χ1n) is 9.45. The first kappa shape index (κ1) is 17.7. The molecule has 0 N–H and O–H groups in total. The summed E-state index contributed by atoms with van der Waals surface area (Å²) in [6.07, 6.45) is 4.30. The zero-order chi connectivity index (χ0) is 19.2. The highest BCUT2D eigenvalue weighted by Gasteiger charge is 2.30. The van der Waals surface area contributed by atoms with Crippen LogP contribution in [0.15, 0.2) is 41.4 Å². The quantitative estimate of drug-likeness (QED) is 0.677. The molecule has 0 spiro atoms. The number of rotatable bonds is 3. The molecule has 2 aliphatic heterocycles. The van der Waals surface area contributed by atoms with Gasteiger partial charge in [-0.2, -0.15) is 0 Å². The Morgan fingerprint density at radius 3 is 2.67 bits per heavy atom. The van der Waals surface area contributed by atoms with Gasteiger partial charge in [0.25, 0.3) is 0 Å². The van der Waals surface area contributed by atoms with Gasteiger partial charge >= 0.3 is 0 Å². The molecule has 2 aromatic rings. The molecule has 0 radical (unpaired) electrons. The van der Waals surface area contributed by atoms with Crippen molar-refractivity contribution >= 4 is 23.2 Å². The van der Waals surface area contributed by atoms with Gasteiger partial charge in [0.05, 0.1) is 11.2 Å². The van der Waals surface area contributed by atoms with Crippen LogP contribution in [0.25, 0.3) is 5.57 Å². The maximum absolute atomic E-state index is 5.44. The minimum atomic E-state index is 0.0281. The first-order valence-corrected chi connectivity index (χ1v) is 9.45. The Kier molecular flexibility index (Phi) is 4.22. The lowest BCUT2D eigenvalue weighted by atomic mass is 9.87. The summed E-state index contributed by atoms with van der Waals surface area (Å²) in [5, 5.41) is 0. The fourth-order valence-electron chi connectivity index (χ4n) is 4.07. The highest BCUT2D eigenvalue weighted by Crippen LogP contribution is 2.40. The van der Waals surface area contributed by atoms with Gasteiger partial charge in [0, 0.05) is 30.1 Å². The van der Waals surface area contributed by atoms with Gasteiger partial charge in [-0.05, 0) is 75.6 Å². The molecule has 2 aliphatic rings. The van der Waals surface area contributed by atoms with Crippen LogP contribution in [0.2, 0.25) is 0 Å². The van der Waals surface area contributed by atoms with Gasteiger partial charge < -0.3 is 14.4 Å². The molecule has 4 rings (SSSR count). The Bertz CT molecular complexity index is 957. The van der Waals surface area contributed by atoms with E-state index in [2.05, 4.69) is 62.7 Å². The lowest BCUT2D eigenvalue weighted by molar-refractivity contribution is 0.174. The van der Waals surface area contributed by atoms with Crippen molar-refractivity contribution in [3.63, 3.8) is 0 Å². The van der Waals surface area contributed by atoms with Gasteiger partial charge in [0.2, 0.25) is 6.79 Å². The molecule has 0 fully saturated rings. The molecule has 0 aromatic heterocycles. The van der Waals surface area contributed by atoms with E-state index >= 15 is 0 Å². The molecule has 140 valence electrons. The van der Waals surface area contributed by atoms with E-state index in [1.165, 1.54) is 22.4 Å². The van der Waals surface area contributed by atoms with Crippen molar-refractivity contribution in [3.8, 4) is 11.5 Å². The van der Waals surface area contributed by atoms with E-state index in [4.69, 9.17) is 9.47 Å². The molecule has 4 heteroatoms. The number of anilines is 1. The van der Waals surface area contributed by atoms with Crippen molar-refractivity contribution < 1.29 is 9.47 Å². The molecule has 2 heterocycles. The normalized spacial score (nSPS) is 17.2. The van der Waals surface area contributed by atoms with Crippen molar-refractivity contribution in [3.05, 3.63) is 53.1 Å². The minimum absolute atomic E-state index is 0.0281. The highest BCUT2D eigenvalue weighted by atomic mass is 16.7. The third-order valence-electron chi connectivity index (χ3n) is 5.39. The number of benzene rings is 2. The number of aryl methyl sites for hydroxylation is 1. The Morgan fingerprint density at radius 1 is 1.11 bits per heavy atom. The molecule has 0 bridgehead atoms. The number of ether oxygens (including phenoxy) is 2. The fraction of sp³-hybridized carbons (Fsp3) is 0.348. The van der Waals surface area contributed by atoms with Gasteiger partial charge in [-0.3, -0.25) is 4.99 Å². The van der Waals surface area contributed by atoms with Gasteiger partial charge in [-0.1, -0.05) is 6.08 Å². The molecule has 0 unspecified atom stereocenters. The molecule has 0 saturated heterocycles. The topological polar surface area (TPSA) is 34.1 Å². The first-order chi connectivity index (χ1) is 12.9. The maximum atomic E-state index is 5.44. The summed E-state index contributed by atoms with van der Waals surface area (Å²) in [6, 6.07) is 10.3. The predicted molar refractivity (Wildman–Crippen MR) is 112 cm³/mol. The minimum Gasteiger partial charge on any atom is -0.454 e. The molecular formula is C23H26N2O2. The molecular weight excluding hydrogens is 336 g/mol. The predicted octanol–water partition coefficient (Wildman–Crippen LogP) is 5.50. The zero-order valence-electron chi connectivity index (χ0n) is 16.7. The Labute approximate surface area is 161 Å². The fourth-order valence-corrected chi connectivity index (χ4v) is 4.07. The van der Waals surface area contributed by atoms with E-state index in [1.807, 2.05) is 24.4 Å². The average molecular weight is 362 g/mol. The van der Waals surface area contributed by atoms with Gasteiger partial charge in [0.15, 0.2) is 11.5 Å². The smallest absolute Gasteiger partial charge is 0.231 e. The summed E-state index contributed by atoms with van der Waals surface area (Å²) in [7, 11) is 0. The monoisotopic (exact) mass is 362 g/mol. The summed E-state index contributed by atoms with van der Waals surface area (Å²) in [4.78, 5) is 7.12. The van der Waals surface area contributed by atoms with Crippen LogP contribution < -0.4 is 14.4 Å². The van der Waals surface area contributed by atoms with Crippen LogP contribution in [0, 0.1) is 6.92 Å². The van der Waals surface area contributed by atoms with E-state index < -0.39 is 0 Å². The molecule has 2 aromatic carbocycles. The maximum Gasteiger partial charge on any atom is 0.231 e.